The monoisotopic (exact) mass is 585 g/mol. The molecule has 0 saturated carbocycles. The van der Waals surface area contributed by atoms with Crippen molar-refractivity contribution in [2.24, 2.45) is 23.1 Å². The van der Waals surface area contributed by atoms with Crippen LogP contribution < -0.4 is 27.8 Å². The highest BCUT2D eigenvalue weighted by atomic mass is 16.5. The van der Waals surface area contributed by atoms with Gasteiger partial charge in [0, 0.05) is 6.54 Å². The van der Waals surface area contributed by atoms with Gasteiger partial charge in [-0.2, -0.15) is 5.26 Å². The van der Waals surface area contributed by atoms with Crippen LogP contribution in [0.15, 0.2) is 30.3 Å². The van der Waals surface area contributed by atoms with Crippen molar-refractivity contribution in [2.45, 2.75) is 95.5 Å². The molecule has 1 aliphatic rings. The van der Waals surface area contributed by atoms with E-state index in [-0.39, 0.29) is 38.5 Å². The summed E-state index contributed by atoms with van der Waals surface area (Å²) in [6, 6.07) is 8.29. The first-order valence-electron chi connectivity index (χ1n) is 14.8. The molecule has 0 spiro atoms. The van der Waals surface area contributed by atoms with Crippen molar-refractivity contribution < 1.29 is 23.9 Å². The van der Waals surface area contributed by atoms with Crippen LogP contribution in [-0.4, -0.2) is 71.9 Å². The summed E-state index contributed by atoms with van der Waals surface area (Å²) in [7, 11) is 0. The summed E-state index contributed by atoms with van der Waals surface area (Å²) < 4.78 is 5.48. The Bertz CT molecular complexity index is 1080. The molecule has 12 heteroatoms. The Morgan fingerprint density at radius 1 is 1.00 bits per heavy atom. The molecule has 1 fully saturated rings. The molecule has 1 aromatic rings. The van der Waals surface area contributed by atoms with Crippen molar-refractivity contribution >= 4 is 23.7 Å². The summed E-state index contributed by atoms with van der Waals surface area (Å²) in [5.74, 6) is -2.33. The number of ether oxygens (including phenoxy) is 1. The van der Waals surface area contributed by atoms with Crippen molar-refractivity contribution in [1.29, 1.82) is 5.26 Å². The Morgan fingerprint density at radius 2 is 1.67 bits per heavy atom. The molecule has 0 bridgehead atoms. The van der Waals surface area contributed by atoms with Crippen LogP contribution in [0.1, 0.15) is 70.8 Å². The number of nitriles is 1. The number of rotatable bonds is 17. The fraction of sp³-hybridized carbons (Fsp3) is 0.633. The zero-order valence-electron chi connectivity index (χ0n) is 24.8. The first-order valence-corrected chi connectivity index (χ1v) is 14.8. The normalized spacial score (nSPS) is 18.5. The molecular formula is C30H47N7O5. The molecule has 12 nitrogen and oxygen atoms in total. The highest BCUT2D eigenvalue weighted by molar-refractivity contribution is 5.96. The summed E-state index contributed by atoms with van der Waals surface area (Å²) in [5.41, 5.74) is 16.2. The van der Waals surface area contributed by atoms with Crippen LogP contribution in [0.3, 0.4) is 0 Å². The van der Waals surface area contributed by atoms with Crippen molar-refractivity contribution in [2.75, 3.05) is 19.6 Å². The van der Waals surface area contributed by atoms with Crippen LogP contribution in [0.4, 0.5) is 0 Å². The van der Waals surface area contributed by atoms with E-state index in [9.17, 15) is 24.4 Å². The van der Waals surface area contributed by atoms with Crippen LogP contribution >= 0.6 is 0 Å². The van der Waals surface area contributed by atoms with Gasteiger partial charge in [0.2, 0.25) is 23.3 Å². The lowest BCUT2D eigenvalue weighted by molar-refractivity contribution is -0.160. The van der Waals surface area contributed by atoms with Crippen molar-refractivity contribution in [1.82, 2.24) is 15.5 Å². The standard InChI is InChI=1S/C30H47N7O5/c1-21(2)18-25(36-26(38)23(34)12-6-7-15-31)27(39)35-24(13-8-16-32)28(40)37-17-9-14-30(37,20-33)29(41)42-19-22-10-4-3-5-11-22/h3-5,10-11,21,23-25H,6-9,12-19,31-32,34H2,1-2H3,(H,35,39)(H,36,38)/t23-,24-,25-,30?/m0/s1. The van der Waals surface area contributed by atoms with Gasteiger partial charge in [0.05, 0.1) is 6.04 Å². The van der Waals surface area contributed by atoms with E-state index < -0.39 is 47.4 Å². The molecule has 1 aliphatic heterocycles. The van der Waals surface area contributed by atoms with E-state index in [0.717, 1.165) is 12.0 Å². The zero-order valence-corrected chi connectivity index (χ0v) is 24.8. The first kappa shape index (κ1) is 34.7. The minimum absolute atomic E-state index is 0.0383. The van der Waals surface area contributed by atoms with Gasteiger partial charge in [-0.3, -0.25) is 14.4 Å². The second-order valence-electron chi connectivity index (χ2n) is 11.2. The third-order valence-electron chi connectivity index (χ3n) is 7.34. The summed E-state index contributed by atoms with van der Waals surface area (Å²) in [6.45, 7) is 4.72. The average molecular weight is 586 g/mol. The van der Waals surface area contributed by atoms with Gasteiger partial charge in [-0.25, -0.2) is 4.79 Å². The molecule has 0 aromatic heterocycles. The van der Waals surface area contributed by atoms with Crippen molar-refractivity contribution in [3.05, 3.63) is 35.9 Å². The average Bonchev–Trinajstić information content (AvgIpc) is 3.43. The van der Waals surface area contributed by atoms with Gasteiger partial charge in [0.15, 0.2) is 0 Å². The minimum Gasteiger partial charge on any atom is -0.458 e. The molecule has 1 aromatic carbocycles. The Labute approximate surface area is 248 Å². The van der Waals surface area contributed by atoms with Gasteiger partial charge in [-0.05, 0) is 69.5 Å². The predicted molar refractivity (Wildman–Crippen MR) is 158 cm³/mol. The largest absolute Gasteiger partial charge is 0.458 e. The number of hydrogen-bond acceptors (Lipinski definition) is 9. The van der Waals surface area contributed by atoms with Gasteiger partial charge < -0.3 is 37.5 Å². The van der Waals surface area contributed by atoms with Crippen LogP contribution in [0.5, 0.6) is 0 Å². The zero-order chi connectivity index (χ0) is 31.1. The Balaban J connectivity index is 2.20. The number of unbranched alkanes of at least 4 members (excludes halogenated alkanes) is 1. The number of nitrogens with zero attached hydrogens (tertiary/aromatic N) is 2. The molecule has 0 radical (unpaired) electrons. The third-order valence-corrected chi connectivity index (χ3v) is 7.34. The molecule has 0 aliphatic carbocycles. The lowest BCUT2D eigenvalue weighted by Crippen LogP contribution is -2.60. The van der Waals surface area contributed by atoms with Crippen LogP contribution in [0.25, 0.3) is 0 Å². The topological polar surface area (TPSA) is 207 Å². The second-order valence-corrected chi connectivity index (χ2v) is 11.2. The molecule has 1 unspecified atom stereocenters. The molecule has 232 valence electrons. The quantitative estimate of drug-likeness (QED) is 0.129. The van der Waals surface area contributed by atoms with Gasteiger partial charge in [-0.1, -0.05) is 50.6 Å². The van der Waals surface area contributed by atoms with Gasteiger partial charge in [-0.15, -0.1) is 0 Å². The van der Waals surface area contributed by atoms with E-state index in [1.807, 2.05) is 38.1 Å². The van der Waals surface area contributed by atoms with E-state index in [2.05, 4.69) is 10.6 Å². The number of carbonyl (C=O) groups is 4. The highest BCUT2D eigenvalue weighted by Crippen LogP contribution is 2.32. The van der Waals surface area contributed by atoms with E-state index >= 15 is 0 Å². The fourth-order valence-corrected chi connectivity index (χ4v) is 4.99. The summed E-state index contributed by atoms with van der Waals surface area (Å²) in [4.78, 5) is 54.6. The number of esters is 1. The molecule has 4 atom stereocenters. The maximum atomic E-state index is 13.9. The van der Waals surface area contributed by atoms with Gasteiger partial charge in [0.25, 0.3) is 0 Å². The number of nitrogens with one attached hydrogen (secondary N) is 2. The fourth-order valence-electron chi connectivity index (χ4n) is 4.99. The first-order chi connectivity index (χ1) is 20.1. The molecular weight excluding hydrogens is 538 g/mol. The van der Waals surface area contributed by atoms with Gasteiger partial charge >= 0.3 is 5.97 Å². The van der Waals surface area contributed by atoms with E-state index in [1.54, 1.807) is 12.1 Å². The Hall–Kier alpha value is -3.53. The molecule has 42 heavy (non-hydrogen) atoms. The van der Waals surface area contributed by atoms with E-state index in [0.29, 0.717) is 38.6 Å². The number of benzene rings is 1. The number of hydrogen-bond donors (Lipinski definition) is 5. The third kappa shape index (κ3) is 9.79. The Kier molecular flexibility index (Phi) is 14.4. The van der Waals surface area contributed by atoms with Crippen molar-refractivity contribution in [3.63, 3.8) is 0 Å². The molecule has 1 saturated heterocycles. The molecule has 1 heterocycles. The summed E-state index contributed by atoms with van der Waals surface area (Å²) >= 11 is 0. The highest BCUT2D eigenvalue weighted by Gasteiger charge is 2.53. The maximum Gasteiger partial charge on any atom is 0.347 e. The van der Waals surface area contributed by atoms with E-state index in [4.69, 9.17) is 21.9 Å². The molecule has 2 rings (SSSR count). The summed E-state index contributed by atoms with van der Waals surface area (Å²) in [6.07, 6.45) is 3.33. The van der Waals surface area contributed by atoms with Crippen LogP contribution in [-0.2, 0) is 30.5 Å². The SMILES string of the molecule is CC(C)C[C@H](NC(=O)[C@@H](N)CCCCN)C(=O)N[C@@H](CCCN)C(=O)N1CCCC1(C#N)C(=O)OCc1ccccc1. The number of amides is 3. The minimum atomic E-state index is -1.81. The second kappa shape index (κ2) is 17.4. The molecule has 8 N–H and O–H groups in total. The van der Waals surface area contributed by atoms with Crippen LogP contribution in [0, 0.1) is 17.2 Å². The molecule has 3 amide bonds. The lowest BCUT2D eigenvalue weighted by atomic mass is 9.96. The lowest BCUT2D eigenvalue weighted by Gasteiger charge is -2.34. The number of carbonyl (C=O) groups excluding carboxylic acids is 4. The number of nitrogens with two attached hydrogens (primary N) is 3. The van der Waals surface area contributed by atoms with E-state index in [1.165, 1.54) is 4.90 Å². The number of likely N-dealkylation sites (tertiary alicyclic amines) is 1. The smallest absolute Gasteiger partial charge is 0.347 e. The van der Waals surface area contributed by atoms with Crippen molar-refractivity contribution in [3.8, 4) is 6.07 Å². The van der Waals surface area contributed by atoms with Gasteiger partial charge in [0.1, 0.15) is 24.8 Å². The summed E-state index contributed by atoms with van der Waals surface area (Å²) in [5, 5.41) is 15.6. The predicted octanol–water partition coefficient (Wildman–Crippen LogP) is 0.825. The van der Waals surface area contributed by atoms with Crippen LogP contribution in [0.2, 0.25) is 0 Å². The Morgan fingerprint density at radius 3 is 2.29 bits per heavy atom. The maximum absolute atomic E-state index is 13.9.